The predicted molar refractivity (Wildman–Crippen MR) is 66.6 cm³/mol. The number of rotatable bonds is 4. The lowest BCUT2D eigenvalue weighted by molar-refractivity contribution is -0.143. The number of esters is 1. The van der Waals surface area contributed by atoms with Gasteiger partial charge in [-0.25, -0.2) is 4.79 Å². The van der Waals surface area contributed by atoms with Crippen molar-refractivity contribution in [3.05, 3.63) is 0 Å². The van der Waals surface area contributed by atoms with Crippen LogP contribution in [-0.2, 0) is 14.3 Å². The Kier molecular flexibility index (Phi) is 5.59. The molecule has 1 saturated heterocycles. The van der Waals surface area contributed by atoms with E-state index in [4.69, 9.17) is 9.84 Å². The Morgan fingerprint density at radius 1 is 1.42 bits per heavy atom. The highest BCUT2D eigenvalue weighted by Gasteiger charge is 2.32. The van der Waals surface area contributed by atoms with Crippen molar-refractivity contribution < 1.29 is 24.2 Å². The minimum atomic E-state index is -0.821. The van der Waals surface area contributed by atoms with Crippen LogP contribution in [-0.4, -0.2) is 53.7 Å². The highest BCUT2D eigenvalue weighted by atomic mass is 16.5. The van der Waals surface area contributed by atoms with Gasteiger partial charge >= 0.3 is 18.0 Å². The van der Waals surface area contributed by atoms with Gasteiger partial charge in [0.15, 0.2) is 0 Å². The molecule has 1 heterocycles. The molecule has 0 aromatic heterocycles. The van der Waals surface area contributed by atoms with Crippen LogP contribution in [0.1, 0.15) is 26.7 Å². The van der Waals surface area contributed by atoms with Gasteiger partial charge in [-0.05, 0) is 26.7 Å². The fourth-order valence-electron chi connectivity index (χ4n) is 2.16. The Bertz CT molecular complexity index is 358. The van der Waals surface area contributed by atoms with Crippen LogP contribution in [0.3, 0.4) is 0 Å². The van der Waals surface area contributed by atoms with E-state index in [1.165, 1.54) is 0 Å². The van der Waals surface area contributed by atoms with E-state index in [-0.39, 0.29) is 25.2 Å². The summed E-state index contributed by atoms with van der Waals surface area (Å²) in [6.45, 7) is 3.98. The first-order valence-corrected chi connectivity index (χ1v) is 6.38. The molecular weight excluding hydrogens is 252 g/mol. The molecule has 0 aromatic rings. The highest BCUT2D eigenvalue weighted by molar-refractivity contribution is 5.81. The van der Waals surface area contributed by atoms with Crippen molar-refractivity contribution in [1.82, 2.24) is 10.2 Å². The molecule has 108 valence electrons. The average molecular weight is 272 g/mol. The Labute approximate surface area is 111 Å². The van der Waals surface area contributed by atoms with Gasteiger partial charge in [0.05, 0.1) is 12.5 Å². The molecular formula is C12H20N2O5. The minimum absolute atomic E-state index is 0.156. The molecule has 1 aliphatic rings. The van der Waals surface area contributed by atoms with Crippen LogP contribution in [0.4, 0.5) is 4.79 Å². The minimum Gasteiger partial charge on any atom is -0.481 e. The number of hydrogen-bond donors (Lipinski definition) is 2. The maximum atomic E-state index is 11.9. The van der Waals surface area contributed by atoms with Gasteiger partial charge in [-0.2, -0.15) is 0 Å². The molecule has 0 bridgehead atoms. The van der Waals surface area contributed by atoms with Gasteiger partial charge in [0.2, 0.25) is 0 Å². The van der Waals surface area contributed by atoms with Gasteiger partial charge in [-0.15, -0.1) is 0 Å². The van der Waals surface area contributed by atoms with Gasteiger partial charge in [0, 0.05) is 12.6 Å². The zero-order valence-electron chi connectivity index (χ0n) is 11.2. The van der Waals surface area contributed by atoms with Crippen molar-refractivity contribution in [1.29, 1.82) is 0 Å². The Morgan fingerprint density at radius 3 is 2.63 bits per heavy atom. The van der Waals surface area contributed by atoms with Crippen LogP contribution < -0.4 is 5.32 Å². The standard InChI is InChI=1S/C12H20N2O5/c1-3-19-10(15)7-13-12(18)14-5-4-9(11(16)17)6-8(14)2/h8-9H,3-7H2,1-2H3,(H,13,18)(H,16,17). The molecule has 0 saturated carbocycles. The largest absolute Gasteiger partial charge is 0.481 e. The summed E-state index contributed by atoms with van der Waals surface area (Å²) in [6, 6.07) is -0.513. The molecule has 2 amide bonds. The Morgan fingerprint density at radius 2 is 2.11 bits per heavy atom. The fraction of sp³-hybridized carbons (Fsp3) is 0.750. The van der Waals surface area contributed by atoms with E-state index in [1.807, 2.05) is 0 Å². The number of aliphatic carboxylic acids is 1. The number of carboxylic acids is 1. The summed E-state index contributed by atoms with van der Waals surface area (Å²) < 4.78 is 4.71. The lowest BCUT2D eigenvalue weighted by Gasteiger charge is -2.36. The number of amides is 2. The number of nitrogens with zero attached hydrogens (tertiary/aromatic N) is 1. The van der Waals surface area contributed by atoms with Gasteiger partial charge in [0.25, 0.3) is 0 Å². The topological polar surface area (TPSA) is 95.9 Å². The number of carbonyl (C=O) groups is 3. The van der Waals surface area contributed by atoms with Crippen molar-refractivity contribution >= 4 is 18.0 Å². The van der Waals surface area contributed by atoms with Crippen LogP contribution in [0.2, 0.25) is 0 Å². The van der Waals surface area contributed by atoms with Crippen molar-refractivity contribution in [3.8, 4) is 0 Å². The van der Waals surface area contributed by atoms with Gasteiger partial charge in [0.1, 0.15) is 6.54 Å². The van der Waals surface area contributed by atoms with Gasteiger partial charge in [-0.3, -0.25) is 9.59 Å². The maximum absolute atomic E-state index is 11.9. The Hall–Kier alpha value is -1.79. The molecule has 19 heavy (non-hydrogen) atoms. The van der Waals surface area contributed by atoms with E-state index >= 15 is 0 Å². The SMILES string of the molecule is CCOC(=O)CNC(=O)N1CCC(C(=O)O)CC1C. The lowest BCUT2D eigenvalue weighted by Crippen LogP contribution is -2.51. The molecule has 2 N–H and O–H groups in total. The van der Waals surface area contributed by atoms with E-state index in [0.717, 1.165) is 0 Å². The third-order valence-corrected chi connectivity index (χ3v) is 3.18. The van der Waals surface area contributed by atoms with Crippen LogP contribution >= 0.6 is 0 Å². The van der Waals surface area contributed by atoms with E-state index in [1.54, 1.807) is 18.7 Å². The van der Waals surface area contributed by atoms with Gasteiger partial charge < -0.3 is 20.1 Å². The maximum Gasteiger partial charge on any atom is 0.325 e. The molecule has 1 rings (SSSR count). The molecule has 0 aliphatic carbocycles. The molecule has 0 spiro atoms. The molecule has 1 fully saturated rings. The number of urea groups is 1. The number of hydrogen-bond acceptors (Lipinski definition) is 4. The molecule has 0 radical (unpaired) electrons. The summed E-state index contributed by atoms with van der Waals surface area (Å²) in [6.07, 6.45) is 0.870. The number of carbonyl (C=O) groups excluding carboxylic acids is 2. The first-order chi connectivity index (χ1) is 8.95. The summed E-state index contributed by atoms with van der Waals surface area (Å²) in [7, 11) is 0. The third-order valence-electron chi connectivity index (χ3n) is 3.18. The first kappa shape index (κ1) is 15.3. The second-order valence-corrected chi connectivity index (χ2v) is 4.57. The predicted octanol–water partition coefficient (Wildman–Crippen LogP) is 0.444. The van der Waals surface area contributed by atoms with Crippen LogP contribution in [0.5, 0.6) is 0 Å². The summed E-state index contributed by atoms with van der Waals surface area (Å²) in [4.78, 5) is 35.4. The smallest absolute Gasteiger partial charge is 0.325 e. The molecule has 7 nitrogen and oxygen atoms in total. The normalized spacial score (nSPS) is 22.7. The lowest BCUT2D eigenvalue weighted by atomic mass is 9.92. The molecule has 2 atom stereocenters. The summed E-state index contributed by atoms with van der Waals surface area (Å²) >= 11 is 0. The highest BCUT2D eigenvalue weighted by Crippen LogP contribution is 2.22. The van der Waals surface area contributed by atoms with Crippen molar-refractivity contribution in [3.63, 3.8) is 0 Å². The van der Waals surface area contributed by atoms with Crippen molar-refractivity contribution in [2.75, 3.05) is 19.7 Å². The van der Waals surface area contributed by atoms with Crippen molar-refractivity contribution in [2.45, 2.75) is 32.7 Å². The van der Waals surface area contributed by atoms with E-state index in [9.17, 15) is 14.4 Å². The van der Waals surface area contributed by atoms with Gasteiger partial charge in [-0.1, -0.05) is 0 Å². The number of piperidine rings is 1. The average Bonchev–Trinajstić information content (AvgIpc) is 2.36. The number of carboxylic acid groups (broad SMARTS) is 1. The summed E-state index contributed by atoms with van der Waals surface area (Å²) in [5, 5.41) is 11.4. The van der Waals surface area contributed by atoms with E-state index in [2.05, 4.69) is 5.32 Å². The zero-order chi connectivity index (χ0) is 14.4. The Balaban J connectivity index is 2.41. The third kappa shape index (κ3) is 4.42. The van der Waals surface area contributed by atoms with Crippen LogP contribution in [0.25, 0.3) is 0 Å². The number of likely N-dealkylation sites (tertiary alicyclic amines) is 1. The second kappa shape index (κ2) is 6.96. The first-order valence-electron chi connectivity index (χ1n) is 6.38. The van der Waals surface area contributed by atoms with E-state index in [0.29, 0.717) is 19.4 Å². The van der Waals surface area contributed by atoms with Crippen LogP contribution in [0.15, 0.2) is 0 Å². The van der Waals surface area contributed by atoms with E-state index < -0.39 is 17.9 Å². The monoisotopic (exact) mass is 272 g/mol. The number of ether oxygens (including phenoxy) is 1. The summed E-state index contributed by atoms with van der Waals surface area (Å²) in [5.74, 6) is -1.70. The zero-order valence-corrected chi connectivity index (χ0v) is 11.2. The summed E-state index contributed by atoms with van der Waals surface area (Å²) in [5.41, 5.74) is 0. The molecule has 2 unspecified atom stereocenters. The van der Waals surface area contributed by atoms with Crippen molar-refractivity contribution in [2.24, 2.45) is 5.92 Å². The molecule has 7 heteroatoms. The van der Waals surface area contributed by atoms with Crippen LogP contribution in [0, 0.1) is 5.92 Å². The quantitative estimate of drug-likeness (QED) is 0.724. The fourth-order valence-corrected chi connectivity index (χ4v) is 2.16. The molecule has 1 aliphatic heterocycles. The number of nitrogens with one attached hydrogen (secondary N) is 1. The molecule has 0 aromatic carbocycles. The second-order valence-electron chi connectivity index (χ2n) is 4.57.